The molecule has 1 heterocycles. The van der Waals surface area contributed by atoms with Crippen LogP contribution >= 0.6 is 0 Å². The molecule has 31 heavy (non-hydrogen) atoms. The Hall–Kier alpha value is -3.68. The summed E-state index contributed by atoms with van der Waals surface area (Å²) in [5.74, 6) is 1.90. The highest BCUT2D eigenvalue weighted by Crippen LogP contribution is 2.32. The van der Waals surface area contributed by atoms with Crippen molar-refractivity contribution in [1.29, 1.82) is 0 Å². The first-order chi connectivity index (χ1) is 15.0. The largest absolute Gasteiger partial charge is 0.497 e. The van der Waals surface area contributed by atoms with Gasteiger partial charge in [-0.1, -0.05) is 0 Å². The number of rotatable bonds is 8. The molecule has 0 saturated carbocycles. The van der Waals surface area contributed by atoms with Crippen LogP contribution in [0.5, 0.6) is 23.0 Å². The minimum absolute atomic E-state index is 0.0755. The number of hydrogen-bond acceptors (Lipinski definition) is 6. The van der Waals surface area contributed by atoms with Gasteiger partial charge in [0.25, 0.3) is 0 Å². The van der Waals surface area contributed by atoms with E-state index in [1.807, 2.05) is 6.92 Å². The van der Waals surface area contributed by atoms with Crippen molar-refractivity contribution in [2.24, 2.45) is 0 Å². The van der Waals surface area contributed by atoms with Crippen molar-refractivity contribution in [2.75, 3.05) is 45.8 Å². The fraction of sp³-hybridized carbons (Fsp3) is 0.304. The van der Waals surface area contributed by atoms with E-state index in [2.05, 4.69) is 5.32 Å². The van der Waals surface area contributed by atoms with E-state index in [4.69, 9.17) is 18.9 Å². The standard InChI is InChI=1S/C23H26N2O6/c1-4-25(23(27)10-6-16-5-8-18(28-2)14-20(16)29-3)15-22(26)24-17-7-9-19-21(13-17)31-12-11-30-19/h5-10,13-14H,4,11-12,15H2,1-3H3,(H,24,26)/b10-6+. The lowest BCUT2D eigenvalue weighted by Gasteiger charge is -2.20. The van der Waals surface area contributed by atoms with E-state index >= 15 is 0 Å². The molecule has 3 rings (SSSR count). The summed E-state index contributed by atoms with van der Waals surface area (Å²) in [4.78, 5) is 26.5. The Bertz CT molecular complexity index is 973. The van der Waals surface area contributed by atoms with Gasteiger partial charge in [-0.25, -0.2) is 0 Å². The van der Waals surface area contributed by atoms with Crippen molar-refractivity contribution in [3.8, 4) is 23.0 Å². The molecular formula is C23H26N2O6. The van der Waals surface area contributed by atoms with Gasteiger partial charge in [-0.15, -0.1) is 0 Å². The highest BCUT2D eigenvalue weighted by molar-refractivity contribution is 5.98. The Morgan fingerprint density at radius 2 is 1.84 bits per heavy atom. The van der Waals surface area contributed by atoms with Gasteiger partial charge in [0.15, 0.2) is 11.5 Å². The smallest absolute Gasteiger partial charge is 0.247 e. The van der Waals surface area contributed by atoms with Gasteiger partial charge in [0.2, 0.25) is 11.8 Å². The fourth-order valence-electron chi connectivity index (χ4n) is 3.06. The van der Waals surface area contributed by atoms with Gasteiger partial charge < -0.3 is 29.2 Å². The van der Waals surface area contributed by atoms with Crippen LogP contribution in [0.2, 0.25) is 0 Å². The second kappa shape index (κ2) is 10.4. The molecule has 0 atom stereocenters. The molecule has 1 aliphatic rings. The van der Waals surface area contributed by atoms with Crippen LogP contribution in [-0.4, -0.2) is 57.2 Å². The second-order valence-corrected chi connectivity index (χ2v) is 6.70. The zero-order valence-electron chi connectivity index (χ0n) is 17.8. The molecule has 2 amide bonds. The molecule has 0 radical (unpaired) electrons. The molecular weight excluding hydrogens is 400 g/mol. The minimum Gasteiger partial charge on any atom is -0.497 e. The third kappa shape index (κ3) is 5.69. The van der Waals surface area contributed by atoms with Crippen molar-refractivity contribution < 1.29 is 28.5 Å². The van der Waals surface area contributed by atoms with Crippen LogP contribution in [0.15, 0.2) is 42.5 Å². The SMILES string of the molecule is CCN(CC(=O)Nc1ccc2c(c1)OCCO2)C(=O)/C=C/c1ccc(OC)cc1OC. The number of carbonyl (C=O) groups excluding carboxylic acids is 2. The van der Waals surface area contributed by atoms with E-state index in [1.165, 1.54) is 11.0 Å². The van der Waals surface area contributed by atoms with Crippen molar-refractivity contribution in [3.63, 3.8) is 0 Å². The summed E-state index contributed by atoms with van der Waals surface area (Å²) in [6, 6.07) is 10.5. The topological polar surface area (TPSA) is 86.3 Å². The molecule has 1 N–H and O–H groups in total. The number of anilines is 1. The summed E-state index contributed by atoms with van der Waals surface area (Å²) in [6.07, 6.45) is 3.08. The molecule has 164 valence electrons. The Morgan fingerprint density at radius 1 is 1.06 bits per heavy atom. The Kier molecular flexibility index (Phi) is 7.37. The summed E-state index contributed by atoms with van der Waals surface area (Å²) in [5, 5.41) is 2.79. The number of fused-ring (bicyclic) bond motifs is 1. The van der Waals surface area contributed by atoms with E-state index in [0.29, 0.717) is 48.4 Å². The van der Waals surface area contributed by atoms with Crippen LogP contribution in [0.25, 0.3) is 6.08 Å². The van der Waals surface area contributed by atoms with Gasteiger partial charge in [0.1, 0.15) is 31.3 Å². The molecule has 2 aromatic rings. The maximum atomic E-state index is 12.6. The Morgan fingerprint density at radius 3 is 2.55 bits per heavy atom. The van der Waals surface area contributed by atoms with Crippen LogP contribution in [0, 0.1) is 0 Å². The normalized spacial score (nSPS) is 12.4. The Balaban J connectivity index is 1.62. The van der Waals surface area contributed by atoms with Crippen LogP contribution in [0.1, 0.15) is 12.5 Å². The lowest BCUT2D eigenvalue weighted by Crippen LogP contribution is -2.36. The first-order valence-corrected chi connectivity index (χ1v) is 9.92. The predicted molar refractivity (Wildman–Crippen MR) is 117 cm³/mol. The minimum atomic E-state index is -0.303. The maximum absolute atomic E-state index is 12.6. The zero-order valence-corrected chi connectivity index (χ0v) is 17.8. The van der Waals surface area contributed by atoms with Crippen molar-refractivity contribution in [1.82, 2.24) is 4.90 Å². The van der Waals surface area contributed by atoms with E-state index in [1.54, 1.807) is 56.7 Å². The van der Waals surface area contributed by atoms with Crippen molar-refractivity contribution in [3.05, 3.63) is 48.0 Å². The summed E-state index contributed by atoms with van der Waals surface area (Å²) < 4.78 is 21.5. The van der Waals surface area contributed by atoms with Crippen LogP contribution in [0.3, 0.4) is 0 Å². The summed E-state index contributed by atoms with van der Waals surface area (Å²) in [7, 11) is 3.12. The molecule has 1 aliphatic heterocycles. The molecule has 8 nitrogen and oxygen atoms in total. The monoisotopic (exact) mass is 426 g/mol. The van der Waals surface area contributed by atoms with Gasteiger partial charge in [0.05, 0.1) is 14.2 Å². The van der Waals surface area contributed by atoms with Crippen LogP contribution < -0.4 is 24.3 Å². The molecule has 0 saturated heterocycles. The predicted octanol–water partition coefficient (Wildman–Crippen LogP) is 2.98. The van der Waals surface area contributed by atoms with Crippen molar-refractivity contribution in [2.45, 2.75) is 6.92 Å². The number of likely N-dealkylation sites (N-methyl/N-ethyl adjacent to an activating group) is 1. The fourth-order valence-corrected chi connectivity index (χ4v) is 3.06. The number of methoxy groups -OCH3 is 2. The molecule has 2 aromatic carbocycles. The Labute approximate surface area is 181 Å². The molecule has 8 heteroatoms. The van der Waals surface area contributed by atoms with Gasteiger partial charge in [-0.3, -0.25) is 9.59 Å². The number of benzene rings is 2. The summed E-state index contributed by atoms with van der Waals surface area (Å²) in [6.45, 7) is 3.10. The quantitative estimate of drug-likeness (QED) is 0.653. The number of carbonyl (C=O) groups is 2. The number of nitrogens with one attached hydrogen (secondary N) is 1. The maximum Gasteiger partial charge on any atom is 0.247 e. The lowest BCUT2D eigenvalue weighted by atomic mass is 10.1. The van der Waals surface area contributed by atoms with Gasteiger partial charge in [-0.05, 0) is 37.3 Å². The molecule has 0 bridgehead atoms. The van der Waals surface area contributed by atoms with Gasteiger partial charge in [-0.2, -0.15) is 0 Å². The van der Waals surface area contributed by atoms with Gasteiger partial charge >= 0.3 is 0 Å². The first kappa shape index (κ1) is 22.0. The van der Waals surface area contributed by atoms with E-state index in [0.717, 1.165) is 5.56 Å². The number of nitrogens with zero attached hydrogens (tertiary/aromatic N) is 1. The average Bonchev–Trinajstić information content (AvgIpc) is 2.80. The van der Waals surface area contributed by atoms with E-state index in [9.17, 15) is 9.59 Å². The van der Waals surface area contributed by atoms with E-state index in [-0.39, 0.29) is 18.4 Å². The molecule has 0 unspecified atom stereocenters. The number of ether oxygens (including phenoxy) is 4. The van der Waals surface area contributed by atoms with Crippen molar-refractivity contribution >= 4 is 23.6 Å². The highest BCUT2D eigenvalue weighted by atomic mass is 16.6. The molecule has 0 spiro atoms. The average molecular weight is 426 g/mol. The number of hydrogen-bond donors (Lipinski definition) is 1. The molecule has 0 aliphatic carbocycles. The third-order valence-corrected chi connectivity index (χ3v) is 4.70. The lowest BCUT2D eigenvalue weighted by molar-refractivity contribution is -0.130. The second-order valence-electron chi connectivity index (χ2n) is 6.70. The first-order valence-electron chi connectivity index (χ1n) is 9.92. The summed E-state index contributed by atoms with van der Waals surface area (Å²) in [5.41, 5.74) is 1.31. The van der Waals surface area contributed by atoms with E-state index < -0.39 is 0 Å². The number of amides is 2. The summed E-state index contributed by atoms with van der Waals surface area (Å²) >= 11 is 0. The third-order valence-electron chi connectivity index (χ3n) is 4.70. The molecule has 0 aromatic heterocycles. The van der Waals surface area contributed by atoms with Crippen LogP contribution in [0.4, 0.5) is 5.69 Å². The van der Waals surface area contributed by atoms with Gasteiger partial charge in [0, 0.05) is 36.0 Å². The highest BCUT2D eigenvalue weighted by Gasteiger charge is 2.16. The molecule has 0 fully saturated rings. The zero-order chi connectivity index (χ0) is 22.2. The van der Waals surface area contributed by atoms with Crippen LogP contribution in [-0.2, 0) is 9.59 Å².